The monoisotopic (exact) mass is 493 g/mol. The van der Waals surface area contributed by atoms with E-state index in [4.69, 9.17) is 0 Å². The Hall–Kier alpha value is -1.41. The van der Waals surface area contributed by atoms with E-state index in [0.29, 0.717) is 41.0 Å². The van der Waals surface area contributed by atoms with Crippen LogP contribution in [0.25, 0.3) is 0 Å². The van der Waals surface area contributed by atoms with Crippen LogP contribution >= 0.6 is 15.9 Å². The summed E-state index contributed by atoms with van der Waals surface area (Å²) in [6.07, 6.45) is 4.13. The van der Waals surface area contributed by atoms with Crippen LogP contribution in [-0.2, 0) is 11.3 Å². The van der Waals surface area contributed by atoms with E-state index in [9.17, 15) is 9.59 Å². The molecule has 2 bridgehead atoms. The van der Waals surface area contributed by atoms with Crippen molar-refractivity contribution in [2.45, 2.75) is 66.1 Å². The first kappa shape index (κ1) is 22.8. The summed E-state index contributed by atoms with van der Waals surface area (Å²) in [5.74, 6) is 1.98. The maximum absolute atomic E-state index is 12.9. The number of piperazine rings is 1. The van der Waals surface area contributed by atoms with Crippen molar-refractivity contribution in [3.63, 3.8) is 0 Å². The van der Waals surface area contributed by atoms with Gasteiger partial charge in [-0.2, -0.15) is 5.10 Å². The summed E-state index contributed by atoms with van der Waals surface area (Å²) in [6.45, 7) is 14.6. The molecule has 8 heteroatoms. The average molecular weight is 494 g/mol. The number of nitrogens with zero attached hydrogens (tertiary/aromatic N) is 4. The fourth-order valence-electron chi connectivity index (χ4n) is 5.93. The molecule has 3 saturated carbocycles. The van der Waals surface area contributed by atoms with Gasteiger partial charge in [-0.1, -0.05) is 20.8 Å². The predicted molar refractivity (Wildman–Crippen MR) is 126 cm³/mol. The van der Waals surface area contributed by atoms with Crippen LogP contribution < -0.4 is 10.9 Å². The number of carbonyl (C=O) groups is 1. The highest BCUT2D eigenvalue weighted by Crippen LogP contribution is 2.61. The number of amides is 1. The van der Waals surface area contributed by atoms with E-state index in [1.807, 2.05) is 4.90 Å². The van der Waals surface area contributed by atoms with Gasteiger partial charge in [-0.25, -0.2) is 4.68 Å². The lowest BCUT2D eigenvalue weighted by Gasteiger charge is -2.62. The standard InChI is InChI=1S/C23H36BrN5O2/c1-14(2)27-6-8-28(9-7-27)20(30)13-29-22(31)21(24)19(12-25-29)26-18-11-16-10-17(15(18)3)23(16,4)5/h12,14-18,26H,6-11,13H2,1-5H3/t15-,16+,17-,18-/m1/s1. The normalized spacial score (nSPS) is 30.2. The van der Waals surface area contributed by atoms with Crippen molar-refractivity contribution in [1.82, 2.24) is 19.6 Å². The Morgan fingerprint density at radius 2 is 1.94 bits per heavy atom. The summed E-state index contributed by atoms with van der Waals surface area (Å²) in [5, 5.41) is 7.89. The van der Waals surface area contributed by atoms with E-state index in [2.05, 4.69) is 65.9 Å². The van der Waals surface area contributed by atoms with Gasteiger partial charge in [0.1, 0.15) is 11.0 Å². The summed E-state index contributed by atoms with van der Waals surface area (Å²) in [5.41, 5.74) is 0.903. The molecule has 1 N–H and O–H groups in total. The van der Waals surface area contributed by atoms with Crippen molar-refractivity contribution >= 4 is 27.5 Å². The van der Waals surface area contributed by atoms with E-state index >= 15 is 0 Å². The first-order valence-corrected chi connectivity index (χ1v) is 12.4. The van der Waals surface area contributed by atoms with Crippen LogP contribution in [0.5, 0.6) is 0 Å². The third kappa shape index (κ3) is 4.17. The maximum atomic E-state index is 12.9. The lowest BCUT2D eigenvalue weighted by molar-refractivity contribution is -0.134. The highest BCUT2D eigenvalue weighted by molar-refractivity contribution is 9.10. The minimum Gasteiger partial charge on any atom is -0.380 e. The molecule has 2 heterocycles. The zero-order valence-corrected chi connectivity index (χ0v) is 21.0. The Bertz CT molecular complexity index is 890. The fraction of sp³-hybridized carbons (Fsp3) is 0.783. The van der Waals surface area contributed by atoms with E-state index in [1.54, 1.807) is 6.20 Å². The van der Waals surface area contributed by atoms with Gasteiger partial charge in [-0.15, -0.1) is 0 Å². The molecule has 5 rings (SSSR count). The topological polar surface area (TPSA) is 70.5 Å². The molecule has 4 atom stereocenters. The Labute approximate surface area is 193 Å². The summed E-state index contributed by atoms with van der Waals surface area (Å²) in [7, 11) is 0. The van der Waals surface area contributed by atoms with Gasteiger partial charge in [0.05, 0.1) is 11.9 Å². The van der Waals surface area contributed by atoms with E-state index in [-0.39, 0.29) is 18.0 Å². The van der Waals surface area contributed by atoms with Crippen LogP contribution in [-0.4, -0.2) is 63.8 Å². The van der Waals surface area contributed by atoms with Crippen molar-refractivity contribution in [1.29, 1.82) is 0 Å². The van der Waals surface area contributed by atoms with Crippen molar-refractivity contribution < 1.29 is 4.79 Å². The third-order valence-electron chi connectivity index (χ3n) is 8.36. The van der Waals surface area contributed by atoms with Gasteiger partial charge in [0.25, 0.3) is 5.56 Å². The molecule has 7 nitrogen and oxygen atoms in total. The minimum absolute atomic E-state index is 0.0163. The van der Waals surface area contributed by atoms with Gasteiger partial charge in [0.2, 0.25) is 5.91 Å². The number of hydrogen-bond acceptors (Lipinski definition) is 5. The minimum atomic E-state index is -0.256. The van der Waals surface area contributed by atoms with E-state index in [1.165, 1.54) is 11.1 Å². The molecule has 4 fully saturated rings. The molecule has 0 aromatic carbocycles. The van der Waals surface area contributed by atoms with Gasteiger partial charge in [-0.05, 0) is 65.8 Å². The summed E-state index contributed by atoms with van der Waals surface area (Å²) >= 11 is 3.47. The summed E-state index contributed by atoms with van der Waals surface area (Å²) in [6, 6.07) is 0.838. The molecule has 1 aromatic rings. The molecular weight excluding hydrogens is 458 g/mol. The molecule has 0 radical (unpaired) electrons. The third-order valence-corrected chi connectivity index (χ3v) is 9.13. The number of aromatic nitrogens is 2. The van der Waals surface area contributed by atoms with Crippen molar-refractivity contribution in [3.05, 3.63) is 21.0 Å². The molecule has 0 unspecified atom stereocenters. The first-order valence-electron chi connectivity index (χ1n) is 11.6. The number of nitrogens with one attached hydrogen (secondary N) is 1. The van der Waals surface area contributed by atoms with Crippen LogP contribution in [0.15, 0.2) is 15.5 Å². The summed E-state index contributed by atoms with van der Waals surface area (Å²) < 4.78 is 1.74. The SMILES string of the molecule is CC(C)N1CCN(C(=O)Cn2ncc(N[C@@H]3C[C@@H]4C[C@H]([C@H]3C)C4(C)C)c(Br)c2=O)CC1. The zero-order valence-electron chi connectivity index (χ0n) is 19.4. The second-order valence-electron chi connectivity index (χ2n) is 10.6. The number of hydrogen-bond donors (Lipinski definition) is 1. The highest BCUT2D eigenvalue weighted by atomic mass is 79.9. The first-order chi connectivity index (χ1) is 14.6. The van der Waals surface area contributed by atoms with Crippen LogP contribution in [0.1, 0.15) is 47.5 Å². The quantitative estimate of drug-likeness (QED) is 0.682. The highest BCUT2D eigenvalue weighted by Gasteiger charge is 2.56. The Morgan fingerprint density at radius 1 is 1.26 bits per heavy atom. The number of fused-ring (bicyclic) bond motifs is 2. The van der Waals surface area contributed by atoms with E-state index < -0.39 is 0 Å². The molecule has 1 saturated heterocycles. The van der Waals surface area contributed by atoms with Crippen LogP contribution in [0, 0.1) is 23.2 Å². The number of anilines is 1. The number of halogens is 1. The molecule has 1 amide bonds. The molecule has 31 heavy (non-hydrogen) atoms. The molecule has 4 aliphatic rings. The fourth-order valence-corrected chi connectivity index (χ4v) is 6.36. The summed E-state index contributed by atoms with van der Waals surface area (Å²) in [4.78, 5) is 29.8. The van der Waals surface area contributed by atoms with Gasteiger partial charge >= 0.3 is 0 Å². The Balaban J connectivity index is 1.39. The van der Waals surface area contributed by atoms with Gasteiger partial charge < -0.3 is 10.2 Å². The second kappa shape index (κ2) is 8.50. The molecular formula is C23H36BrN5O2. The van der Waals surface area contributed by atoms with Crippen LogP contribution in [0.2, 0.25) is 0 Å². The molecule has 1 aliphatic heterocycles. The zero-order chi connectivity index (χ0) is 22.5. The molecule has 3 aliphatic carbocycles. The van der Waals surface area contributed by atoms with Crippen LogP contribution in [0.4, 0.5) is 5.69 Å². The Kier molecular flexibility index (Phi) is 6.25. The maximum Gasteiger partial charge on any atom is 0.283 e. The van der Waals surface area contributed by atoms with Crippen molar-refractivity contribution in [3.8, 4) is 0 Å². The molecule has 1 aromatic heterocycles. The van der Waals surface area contributed by atoms with E-state index in [0.717, 1.165) is 37.0 Å². The number of rotatable bonds is 5. The lowest BCUT2D eigenvalue weighted by Crippen LogP contribution is -2.58. The largest absolute Gasteiger partial charge is 0.380 e. The predicted octanol–water partition coefficient (Wildman–Crippen LogP) is 3.04. The van der Waals surface area contributed by atoms with Gasteiger partial charge in [-0.3, -0.25) is 14.5 Å². The molecule has 172 valence electrons. The van der Waals surface area contributed by atoms with Crippen LogP contribution in [0.3, 0.4) is 0 Å². The Morgan fingerprint density at radius 3 is 2.52 bits per heavy atom. The van der Waals surface area contributed by atoms with Gasteiger partial charge in [0, 0.05) is 38.3 Å². The van der Waals surface area contributed by atoms with Crippen molar-refractivity contribution in [2.75, 3.05) is 31.5 Å². The molecule has 0 spiro atoms. The lowest BCUT2D eigenvalue weighted by atomic mass is 9.45. The average Bonchev–Trinajstić information content (AvgIpc) is 2.74. The smallest absolute Gasteiger partial charge is 0.283 e. The van der Waals surface area contributed by atoms with Gasteiger partial charge in [0.15, 0.2) is 0 Å². The van der Waals surface area contributed by atoms with Crippen molar-refractivity contribution in [2.24, 2.45) is 23.2 Å². The number of carbonyl (C=O) groups excluding carboxylic acids is 1. The second-order valence-corrected chi connectivity index (χ2v) is 11.3.